The zero-order chi connectivity index (χ0) is 20.0. The molecule has 5 heterocycles. The summed E-state index contributed by atoms with van der Waals surface area (Å²) < 4.78 is 29.1. The van der Waals surface area contributed by atoms with Crippen LogP contribution in [0.2, 0.25) is 0 Å². The molecule has 0 saturated carbocycles. The van der Waals surface area contributed by atoms with Gasteiger partial charge in [-0.3, -0.25) is 14.8 Å². The monoisotopic (exact) mass is 427 g/mol. The number of sulfonamides is 1. The molecule has 0 radical (unpaired) electrons. The number of carbonyl (C=O) groups is 1. The standard InChI is InChI=1S/C19H17N5O3S2/c25-19-14(23-29(26,27)18-9-15-17(28-18)2-1-5-21-15)4-7-24(19)11-13-8-12-3-6-20-10-16(12)22-13/h1-3,5-6,8-10,14,22-23H,4,7,11H2/t14-/m0/s1. The molecular formula is C19H17N5O3S2. The zero-order valence-corrected chi connectivity index (χ0v) is 16.8. The summed E-state index contributed by atoms with van der Waals surface area (Å²) in [5, 5.41) is 1.03. The minimum Gasteiger partial charge on any atom is -0.356 e. The van der Waals surface area contributed by atoms with Crippen molar-refractivity contribution in [1.82, 2.24) is 24.6 Å². The van der Waals surface area contributed by atoms with Crippen molar-refractivity contribution in [2.75, 3.05) is 6.54 Å². The fraction of sp³-hybridized carbons (Fsp3) is 0.211. The minimum absolute atomic E-state index is 0.167. The van der Waals surface area contributed by atoms with Crippen molar-refractivity contribution in [2.45, 2.75) is 23.2 Å². The van der Waals surface area contributed by atoms with Crippen LogP contribution >= 0.6 is 11.3 Å². The number of H-pyrrole nitrogens is 1. The van der Waals surface area contributed by atoms with Gasteiger partial charge in [0.25, 0.3) is 10.0 Å². The molecule has 29 heavy (non-hydrogen) atoms. The smallest absolute Gasteiger partial charge is 0.250 e. The number of fused-ring (bicyclic) bond motifs is 2. The molecule has 1 amide bonds. The van der Waals surface area contributed by atoms with Gasteiger partial charge in [0.2, 0.25) is 5.91 Å². The van der Waals surface area contributed by atoms with Gasteiger partial charge < -0.3 is 9.88 Å². The highest BCUT2D eigenvalue weighted by Gasteiger charge is 2.35. The molecule has 1 aliphatic rings. The second kappa shape index (κ2) is 6.90. The molecule has 1 atom stereocenters. The van der Waals surface area contributed by atoms with Crippen LogP contribution < -0.4 is 4.72 Å². The topological polar surface area (TPSA) is 108 Å². The van der Waals surface area contributed by atoms with Gasteiger partial charge in [-0.2, -0.15) is 4.72 Å². The molecule has 5 rings (SSSR count). The molecule has 0 bridgehead atoms. The Hall–Kier alpha value is -2.82. The van der Waals surface area contributed by atoms with Crippen molar-refractivity contribution in [3.63, 3.8) is 0 Å². The molecule has 0 spiro atoms. The van der Waals surface area contributed by atoms with Gasteiger partial charge in [0.1, 0.15) is 10.3 Å². The maximum absolute atomic E-state index is 12.8. The van der Waals surface area contributed by atoms with Crippen LogP contribution in [0.4, 0.5) is 0 Å². The van der Waals surface area contributed by atoms with Crippen molar-refractivity contribution in [3.8, 4) is 0 Å². The number of nitrogens with zero attached hydrogens (tertiary/aromatic N) is 3. The molecule has 0 aliphatic carbocycles. The third kappa shape index (κ3) is 3.39. The largest absolute Gasteiger partial charge is 0.356 e. The van der Waals surface area contributed by atoms with Gasteiger partial charge in [0.05, 0.1) is 28.5 Å². The number of aromatic nitrogens is 3. The first-order valence-electron chi connectivity index (χ1n) is 9.07. The van der Waals surface area contributed by atoms with E-state index in [1.54, 1.807) is 29.6 Å². The molecule has 10 heteroatoms. The summed E-state index contributed by atoms with van der Waals surface area (Å²) in [4.78, 5) is 25.9. The second-order valence-corrected chi connectivity index (χ2v) is 9.96. The summed E-state index contributed by atoms with van der Waals surface area (Å²) in [6.07, 6.45) is 5.51. The number of thiophene rings is 1. The molecule has 2 N–H and O–H groups in total. The lowest BCUT2D eigenvalue weighted by molar-refractivity contribution is -0.129. The van der Waals surface area contributed by atoms with E-state index >= 15 is 0 Å². The van der Waals surface area contributed by atoms with Crippen LogP contribution in [0.15, 0.2) is 53.1 Å². The fourth-order valence-corrected chi connectivity index (χ4v) is 6.13. The quantitative estimate of drug-likeness (QED) is 0.508. The van der Waals surface area contributed by atoms with Crippen LogP contribution in [-0.2, 0) is 21.4 Å². The normalized spacial score (nSPS) is 17.6. The Labute approximate surface area is 170 Å². The zero-order valence-electron chi connectivity index (χ0n) is 15.2. The third-order valence-electron chi connectivity index (χ3n) is 4.97. The first-order chi connectivity index (χ1) is 14.0. The molecule has 0 aromatic carbocycles. The highest BCUT2D eigenvalue weighted by Crippen LogP contribution is 2.28. The molecule has 4 aromatic heterocycles. The number of rotatable bonds is 5. The van der Waals surface area contributed by atoms with Gasteiger partial charge >= 0.3 is 0 Å². The number of nitrogens with one attached hydrogen (secondary N) is 2. The third-order valence-corrected chi connectivity index (χ3v) is 8.00. The Morgan fingerprint density at radius 1 is 1.28 bits per heavy atom. The van der Waals surface area contributed by atoms with Crippen LogP contribution in [0.5, 0.6) is 0 Å². The van der Waals surface area contributed by atoms with E-state index in [2.05, 4.69) is 19.7 Å². The molecule has 1 aliphatic heterocycles. The van der Waals surface area contributed by atoms with E-state index in [4.69, 9.17) is 0 Å². The maximum atomic E-state index is 12.8. The number of carbonyl (C=O) groups excluding carboxylic acids is 1. The van der Waals surface area contributed by atoms with Crippen molar-refractivity contribution < 1.29 is 13.2 Å². The van der Waals surface area contributed by atoms with Gasteiger partial charge in [-0.15, -0.1) is 11.3 Å². The first kappa shape index (κ1) is 18.2. The van der Waals surface area contributed by atoms with Gasteiger partial charge in [-0.05, 0) is 36.8 Å². The van der Waals surface area contributed by atoms with Crippen LogP contribution in [-0.4, -0.2) is 46.8 Å². The predicted molar refractivity (Wildman–Crippen MR) is 110 cm³/mol. The molecule has 148 valence electrons. The number of aromatic amines is 1. The van der Waals surface area contributed by atoms with E-state index in [1.165, 1.54) is 6.07 Å². The van der Waals surface area contributed by atoms with Crippen LogP contribution in [0.1, 0.15) is 12.1 Å². The molecule has 0 unspecified atom stereocenters. The summed E-state index contributed by atoms with van der Waals surface area (Å²) in [5.41, 5.74) is 2.43. The average Bonchev–Trinajstić information content (AvgIpc) is 3.40. The van der Waals surface area contributed by atoms with Crippen LogP contribution in [0.25, 0.3) is 21.1 Å². The van der Waals surface area contributed by atoms with E-state index in [0.717, 1.165) is 32.6 Å². The number of pyridine rings is 2. The van der Waals surface area contributed by atoms with E-state index < -0.39 is 16.1 Å². The highest BCUT2D eigenvalue weighted by molar-refractivity contribution is 7.91. The van der Waals surface area contributed by atoms with Gasteiger partial charge in [-0.25, -0.2) is 8.42 Å². The number of hydrogen-bond acceptors (Lipinski definition) is 6. The van der Waals surface area contributed by atoms with Crippen molar-refractivity contribution in [1.29, 1.82) is 0 Å². The Bertz CT molecular complexity index is 1260. The SMILES string of the molecule is O=C1[C@@H](NS(=O)(=O)c2cc3ncccc3s2)CCN1Cc1cc2ccncc2[nH]1. The van der Waals surface area contributed by atoms with Crippen molar-refractivity contribution >= 4 is 48.4 Å². The van der Waals surface area contributed by atoms with E-state index in [0.29, 0.717) is 25.0 Å². The average molecular weight is 428 g/mol. The Kier molecular flexibility index (Phi) is 4.34. The highest BCUT2D eigenvalue weighted by atomic mass is 32.2. The van der Waals surface area contributed by atoms with E-state index in [-0.39, 0.29) is 10.1 Å². The summed E-state index contributed by atoms with van der Waals surface area (Å²) in [7, 11) is -3.79. The molecule has 1 fully saturated rings. The summed E-state index contributed by atoms with van der Waals surface area (Å²) in [5.74, 6) is -0.218. The molecule has 4 aromatic rings. The Morgan fingerprint density at radius 3 is 3.00 bits per heavy atom. The van der Waals surface area contributed by atoms with E-state index in [1.807, 2.05) is 18.2 Å². The lowest BCUT2D eigenvalue weighted by Crippen LogP contribution is -2.41. The Balaban J connectivity index is 1.31. The number of likely N-dealkylation sites (tertiary alicyclic amines) is 1. The number of hydrogen-bond donors (Lipinski definition) is 2. The van der Waals surface area contributed by atoms with Crippen LogP contribution in [0.3, 0.4) is 0 Å². The molecular weight excluding hydrogens is 410 g/mol. The molecule has 1 saturated heterocycles. The van der Waals surface area contributed by atoms with Crippen molar-refractivity contribution in [2.24, 2.45) is 0 Å². The minimum atomic E-state index is -3.79. The fourth-order valence-electron chi connectivity index (χ4n) is 3.55. The Morgan fingerprint density at radius 2 is 2.17 bits per heavy atom. The summed E-state index contributed by atoms with van der Waals surface area (Å²) >= 11 is 1.15. The lowest BCUT2D eigenvalue weighted by atomic mass is 10.3. The maximum Gasteiger partial charge on any atom is 0.250 e. The van der Waals surface area contributed by atoms with Gasteiger partial charge in [0, 0.05) is 30.0 Å². The lowest BCUT2D eigenvalue weighted by Gasteiger charge is -2.16. The van der Waals surface area contributed by atoms with Crippen LogP contribution in [0, 0.1) is 0 Å². The first-order valence-corrected chi connectivity index (χ1v) is 11.4. The van der Waals surface area contributed by atoms with Gasteiger partial charge in [-0.1, -0.05) is 0 Å². The predicted octanol–water partition coefficient (Wildman–Crippen LogP) is 2.25. The number of amides is 1. The summed E-state index contributed by atoms with van der Waals surface area (Å²) in [6, 6.07) is 8.25. The van der Waals surface area contributed by atoms with Gasteiger partial charge in [0.15, 0.2) is 0 Å². The van der Waals surface area contributed by atoms with E-state index in [9.17, 15) is 13.2 Å². The summed E-state index contributed by atoms with van der Waals surface area (Å²) in [6.45, 7) is 0.895. The second-order valence-electron chi connectivity index (χ2n) is 6.93. The molecule has 8 nitrogen and oxygen atoms in total. The van der Waals surface area contributed by atoms with Crippen molar-refractivity contribution in [3.05, 3.63) is 54.6 Å².